The van der Waals surface area contributed by atoms with Gasteiger partial charge >= 0.3 is 0 Å². The smallest absolute Gasteiger partial charge is 0 e. The van der Waals surface area contributed by atoms with Crippen LogP contribution in [0.25, 0.3) is 5.73 Å². The van der Waals surface area contributed by atoms with Gasteiger partial charge in [0, 0.05) is 32.7 Å². The summed E-state index contributed by atoms with van der Waals surface area (Å²) in [5.74, 6) is 0.642. The number of hydrogen-bond donors (Lipinski definition) is 1. The fraction of sp³-hybridized carbons (Fsp3) is 1.00. The van der Waals surface area contributed by atoms with E-state index >= 15 is 0 Å². The zero-order chi connectivity index (χ0) is 5.82. The first-order valence-electron chi connectivity index (χ1n) is 3.29. The van der Waals surface area contributed by atoms with E-state index in [2.05, 4.69) is 5.32 Å². The fourth-order valence-electron chi connectivity index (χ4n) is 1.10. The van der Waals surface area contributed by atoms with E-state index in [1.165, 1.54) is 12.8 Å². The molecule has 0 bridgehead atoms. The molecule has 1 rings (SSSR count). The molecule has 0 amide bonds. The third-order valence-electron chi connectivity index (χ3n) is 1.69. The van der Waals surface area contributed by atoms with Crippen LogP contribution in [-0.2, 0) is 32.7 Å². The van der Waals surface area contributed by atoms with Gasteiger partial charge in [-0.2, -0.15) is 0 Å². The Morgan fingerprint density at radius 2 is 2.33 bits per heavy atom. The van der Waals surface area contributed by atoms with E-state index < -0.39 is 0 Å². The Morgan fingerprint density at radius 1 is 1.56 bits per heavy atom. The second kappa shape index (κ2) is 5.78. The van der Waals surface area contributed by atoms with Crippen molar-refractivity contribution in [2.45, 2.75) is 12.8 Å². The van der Waals surface area contributed by atoms with Crippen LogP contribution in [0.5, 0.6) is 0 Å². The van der Waals surface area contributed by atoms with E-state index in [1.54, 1.807) is 0 Å². The second-order valence-corrected chi connectivity index (χ2v) is 2.42. The quantitative estimate of drug-likeness (QED) is 0.677. The minimum Gasteiger partial charge on any atom is -0.677 e. The fourth-order valence-corrected chi connectivity index (χ4v) is 1.10. The molecule has 1 fully saturated rings. The van der Waals surface area contributed by atoms with Gasteiger partial charge < -0.3 is 11.1 Å². The molecular weight excluding hydrogens is 189 g/mol. The molecule has 0 aromatic rings. The molecule has 0 aromatic heterocycles. The summed E-state index contributed by atoms with van der Waals surface area (Å²) in [6.07, 6.45) is 2.53. The van der Waals surface area contributed by atoms with Crippen molar-refractivity contribution in [3.05, 3.63) is 5.73 Å². The zero-order valence-corrected chi connectivity index (χ0v) is 8.53. The molecule has 1 aliphatic heterocycles. The molecule has 1 atom stereocenters. The maximum Gasteiger partial charge on any atom is 0 e. The van der Waals surface area contributed by atoms with Crippen LogP contribution in [0.4, 0.5) is 0 Å². The second-order valence-electron chi connectivity index (χ2n) is 2.42. The molecule has 1 saturated heterocycles. The molecule has 9 heavy (non-hydrogen) atoms. The average molecular weight is 202 g/mol. The largest absolute Gasteiger partial charge is 0.677 e. The molecule has 0 saturated carbocycles. The van der Waals surface area contributed by atoms with E-state index in [-0.39, 0.29) is 32.7 Å². The monoisotopic (exact) mass is 202 g/mol. The Labute approximate surface area is 81.8 Å². The topological polar surface area (TPSA) is 35.8 Å². The van der Waals surface area contributed by atoms with Crippen LogP contribution in [0.3, 0.4) is 0 Å². The Bertz CT molecular complexity index is 62.1. The summed E-state index contributed by atoms with van der Waals surface area (Å²) in [6.45, 7) is 2.84. The van der Waals surface area contributed by atoms with Crippen LogP contribution in [0.1, 0.15) is 12.8 Å². The Morgan fingerprint density at radius 3 is 2.67 bits per heavy atom. The SMILES string of the molecule is [NH-]CC1CCCNC1.[Y]. The summed E-state index contributed by atoms with van der Waals surface area (Å²) in [5, 5.41) is 3.27. The van der Waals surface area contributed by atoms with Gasteiger partial charge in [0.05, 0.1) is 0 Å². The van der Waals surface area contributed by atoms with Crippen LogP contribution in [0.15, 0.2) is 0 Å². The van der Waals surface area contributed by atoms with Crippen LogP contribution in [0, 0.1) is 5.92 Å². The van der Waals surface area contributed by atoms with E-state index in [1.807, 2.05) is 0 Å². The predicted molar refractivity (Wildman–Crippen MR) is 34.8 cm³/mol. The zero-order valence-electron chi connectivity index (χ0n) is 5.69. The maximum atomic E-state index is 7.06. The van der Waals surface area contributed by atoms with Crippen molar-refractivity contribution in [2.75, 3.05) is 19.6 Å². The van der Waals surface area contributed by atoms with Crippen LogP contribution >= 0.6 is 0 Å². The van der Waals surface area contributed by atoms with E-state index in [0.717, 1.165) is 13.1 Å². The van der Waals surface area contributed by atoms with Crippen molar-refractivity contribution in [3.8, 4) is 0 Å². The average Bonchev–Trinajstić information content (AvgIpc) is 1.90. The molecule has 51 valence electrons. The summed E-state index contributed by atoms with van der Waals surface area (Å²) in [6, 6.07) is 0. The van der Waals surface area contributed by atoms with Gasteiger partial charge in [0.1, 0.15) is 0 Å². The number of piperidine rings is 1. The molecule has 2 N–H and O–H groups in total. The summed E-state index contributed by atoms with van der Waals surface area (Å²) in [5.41, 5.74) is 7.06. The molecule has 0 aromatic carbocycles. The molecular formula is C6H13N2Y-. The Hall–Kier alpha value is 1.02. The van der Waals surface area contributed by atoms with Crippen molar-refractivity contribution in [2.24, 2.45) is 5.92 Å². The van der Waals surface area contributed by atoms with Gasteiger partial charge in [-0.15, -0.1) is 6.54 Å². The number of nitrogens with one attached hydrogen (secondary N) is 2. The summed E-state index contributed by atoms with van der Waals surface area (Å²) >= 11 is 0. The Balaban J connectivity index is 0.000000640. The molecule has 2 nitrogen and oxygen atoms in total. The van der Waals surface area contributed by atoms with Gasteiger partial charge in [0.25, 0.3) is 0 Å². The summed E-state index contributed by atoms with van der Waals surface area (Å²) in [7, 11) is 0. The van der Waals surface area contributed by atoms with Crippen molar-refractivity contribution in [3.63, 3.8) is 0 Å². The number of hydrogen-bond acceptors (Lipinski definition) is 1. The first-order valence-corrected chi connectivity index (χ1v) is 3.29. The van der Waals surface area contributed by atoms with E-state index in [0.29, 0.717) is 12.5 Å². The van der Waals surface area contributed by atoms with Gasteiger partial charge in [0.15, 0.2) is 0 Å². The molecule has 3 heteroatoms. The standard InChI is InChI=1S/C6H13N2.Y/c7-4-6-2-1-3-8-5-6;/h6-8H,1-5H2;/q-1;. The van der Waals surface area contributed by atoms with E-state index in [4.69, 9.17) is 5.73 Å². The predicted octanol–water partition coefficient (Wildman–Crippen LogP) is 1.04. The first kappa shape index (κ1) is 10.0. The molecule has 1 heterocycles. The van der Waals surface area contributed by atoms with Crippen molar-refractivity contribution >= 4 is 0 Å². The summed E-state index contributed by atoms with van der Waals surface area (Å²) < 4.78 is 0. The van der Waals surface area contributed by atoms with Gasteiger partial charge in [-0.3, -0.25) is 0 Å². The molecule has 0 aliphatic carbocycles. The van der Waals surface area contributed by atoms with Gasteiger partial charge in [0.2, 0.25) is 0 Å². The van der Waals surface area contributed by atoms with E-state index in [9.17, 15) is 0 Å². The minimum atomic E-state index is 0. The Kier molecular flexibility index (Phi) is 6.44. The van der Waals surface area contributed by atoms with Crippen molar-refractivity contribution < 1.29 is 32.7 Å². The number of rotatable bonds is 1. The molecule has 0 spiro atoms. The molecule has 1 radical (unpaired) electrons. The van der Waals surface area contributed by atoms with Crippen molar-refractivity contribution in [1.29, 1.82) is 0 Å². The van der Waals surface area contributed by atoms with Crippen LogP contribution in [-0.4, -0.2) is 19.6 Å². The molecule has 1 aliphatic rings. The van der Waals surface area contributed by atoms with Gasteiger partial charge in [-0.05, 0) is 31.8 Å². The van der Waals surface area contributed by atoms with Gasteiger partial charge in [-0.1, -0.05) is 0 Å². The van der Waals surface area contributed by atoms with Crippen LogP contribution < -0.4 is 5.32 Å². The third-order valence-corrected chi connectivity index (χ3v) is 1.69. The molecule has 1 unspecified atom stereocenters. The third kappa shape index (κ3) is 3.66. The minimum absolute atomic E-state index is 0. The van der Waals surface area contributed by atoms with Gasteiger partial charge in [-0.25, -0.2) is 0 Å². The maximum absolute atomic E-state index is 7.06. The first-order chi connectivity index (χ1) is 3.93. The van der Waals surface area contributed by atoms with Crippen molar-refractivity contribution in [1.82, 2.24) is 5.32 Å². The van der Waals surface area contributed by atoms with Crippen LogP contribution in [0.2, 0.25) is 0 Å². The normalized spacial score (nSPS) is 27.0. The summed E-state index contributed by atoms with van der Waals surface area (Å²) in [4.78, 5) is 0.